The maximum Gasteiger partial charge on any atom is 0.303 e. The van der Waals surface area contributed by atoms with E-state index in [0.717, 1.165) is 38.8 Å². The van der Waals surface area contributed by atoms with Crippen molar-refractivity contribution in [3.63, 3.8) is 0 Å². The molecule has 1 aromatic heterocycles. The molecule has 2 aromatic carbocycles. The van der Waals surface area contributed by atoms with Crippen LogP contribution in [0.4, 0.5) is 5.69 Å². The van der Waals surface area contributed by atoms with E-state index in [1.807, 2.05) is 23.1 Å². The van der Waals surface area contributed by atoms with E-state index < -0.39 is 5.97 Å². The van der Waals surface area contributed by atoms with E-state index in [4.69, 9.17) is 5.11 Å². The van der Waals surface area contributed by atoms with E-state index in [2.05, 4.69) is 58.0 Å². The van der Waals surface area contributed by atoms with Gasteiger partial charge in [-0.25, -0.2) is 0 Å². The highest BCUT2D eigenvalue weighted by Crippen LogP contribution is 2.47. The number of aromatic nitrogens is 1. The number of anilines is 1. The Morgan fingerprint density at radius 3 is 2.93 bits per heavy atom. The fourth-order valence-corrected chi connectivity index (χ4v) is 6.42. The normalized spacial score (nSPS) is 14.9. The molecular weight excluding hydrogens is 400 g/mol. The highest BCUT2D eigenvalue weighted by molar-refractivity contribution is 8.03. The number of unbranched alkanes of at least 4 members (excludes halogenated alkanes) is 2. The quantitative estimate of drug-likeness (QED) is 0.432. The van der Waals surface area contributed by atoms with E-state index >= 15 is 0 Å². The number of carbonyl (C=O) groups is 1. The number of thioether (sulfide) groups is 1. The highest BCUT2D eigenvalue weighted by atomic mass is 32.2. The van der Waals surface area contributed by atoms with Crippen LogP contribution in [0, 0.1) is 0 Å². The minimum atomic E-state index is -0.695. The minimum Gasteiger partial charge on any atom is -0.481 e. The topological polar surface area (TPSA) is 44.4 Å². The third-order valence-electron chi connectivity index (χ3n) is 5.58. The van der Waals surface area contributed by atoms with Gasteiger partial charge in [0.25, 0.3) is 5.01 Å². The van der Waals surface area contributed by atoms with Crippen LogP contribution in [0.15, 0.2) is 52.4 Å². The molecule has 6 heteroatoms. The third kappa shape index (κ3) is 3.67. The molecule has 0 spiro atoms. The van der Waals surface area contributed by atoms with E-state index in [1.54, 1.807) is 0 Å². The first kappa shape index (κ1) is 18.7. The third-order valence-corrected chi connectivity index (χ3v) is 7.81. The molecule has 2 aliphatic rings. The Morgan fingerprint density at radius 2 is 2.03 bits per heavy atom. The molecule has 2 aliphatic heterocycles. The number of benzene rings is 2. The molecule has 0 unspecified atom stereocenters. The first-order chi connectivity index (χ1) is 14.2. The lowest BCUT2D eigenvalue weighted by molar-refractivity contribution is -0.665. The van der Waals surface area contributed by atoms with Crippen molar-refractivity contribution in [3.8, 4) is 0 Å². The summed E-state index contributed by atoms with van der Waals surface area (Å²) in [6.45, 7) is 1.96. The molecule has 0 bridgehead atoms. The van der Waals surface area contributed by atoms with Gasteiger partial charge in [-0.2, -0.15) is 4.57 Å². The average molecular weight is 424 g/mol. The van der Waals surface area contributed by atoms with Gasteiger partial charge >= 0.3 is 5.97 Å². The molecule has 1 N–H and O–H groups in total. The molecule has 5 rings (SSSR count). The maximum absolute atomic E-state index is 10.6. The van der Waals surface area contributed by atoms with Crippen LogP contribution in [-0.2, 0) is 17.8 Å². The predicted molar refractivity (Wildman–Crippen MR) is 119 cm³/mol. The summed E-state index contributed by atoms with van der Waals surface area (Å²) in [7, 11) is 0. The van der Waals surface area contributed by atoms with Gasteiger partial charge in [0.15, 0.2) is 6.54 Å². The van der Waals surface area contributed by atoms with Crippen molar-refractivity contribution in [1.29, 1.82) is 0 Å². The van der Waals surface area contributed by atoms with Crippen LogP contribution in [-0.4, -0.2) is 17.6 Å². The molecule has 0 fully saturated rings. The molecule has 148 valence electrons. The van der Waals surface area contributed by atoms with Crippen molar-refractivity contribution in [3.05, 3.63) is 58.1 Å². The van der Waals surface area contributed by atoms with Gasteiger partial charge in [0.05, 0.1) is 23.3 Å². The van der Waals surface area contributed by atoms with Crippen molar-refractivity contribution < 1.29 is 14.5 Å². The van der Waals surface area contributed by atoms with Crippen molar-refractivity contribution in [2.45, 2.75) is 43.5 Å². The summed E-state index contributed by atoms with van der Waals surface area (Å²) in [6, 6.07) is 15.5. The monoisotopic (exact) mass is 423 g/mol. The molecule has 29 heavy (non-hydrogen) atoms. The Labute approximate surface area is 178 Å². The summed E-state index contributed by atoms with van der Waals surface area (Å²) in [5.74, 6) is -0.695. The van der Waals surface area contributed by atoms with E-state index in [1.165, 1.54) is 36.4 Å². The van der Waals surface area contributed by atoms with Crippen LogP contribution in [0.5, 0.6) is 0 Å². The van der Waals surface area contributed by atoms with Crippen LogP contribution in [0.3, 0.4) is 0 Å². The Hall–Kier alpha value is -2.31. The van der Waals surface area contributed by atoms with Crippen LogP contribution in [0.25, 0.3) is 16.3 Å². The SMILES string of the molecule is O=C(O)CCCCCc1ccc2c(c1)N1CC[n+]3c(sc4ccccc43)C=C1S2. The van der Waals surface area contributed by atoms with Crippen LogP contribution < -0.4 is 9.47 Å². The summed E-state index contributed by atoms with van der Waals surface area (Å²) in [5, 5.41) is 11.4. The second-order valence-electron chi connectivity index (χ2n) is 7.55. The molecule has 0 radical (unpaired) electrons. The first-order valence-corrected chi connectivity index (χ1v) is 11.8. The molecule has 0 aliphatic carbocycles. The van der Waals surface area contributed by atoms with Gasteiger partial charge in [-0.15, -0.1) is 0 Å². The summed E-state index contributed by atoms with van der Waals surface area (Å²) < 4.78 is 3.79. The van der Waals surface area contributed by atoms with Crippen LogP contribution in [0.2, 0.25) is 0 Å². The number of carboxylic acids is 1. The zero-order chi connectivity index (χ0) is 19.8. The molecule has 0 saturated heterocycles. The number of para-hydroxylation sites is 1. The van der Waals surface area contributed by atoms with Crippen molar-refractivity contribution in [1.82, 2.24) is 0 Å². The molecule has 0 amide bonds. The zero-order valence-corrected chi connectivity index (χ0v) is 17.8. The molecule has 0 saturated carbocycles. The second-order valence-corrected chi connectivity index (χ2v) is 9.68. The number of nitrogens with zero attached hydrogens (tertiary/aromatic N) is 2. The molecular formula is C23H23N2O2S2+. The Morgan fingerprint density at radius 1 is 1.14 bits per heavy atom. The predicted octanol–water partition coefficient (Wildman–Crippen LogP) is 5.30. The van der Waals surface area contributed by atoms with Gasteiger partial charge in [0.2, 0.25) is 5.52 Å². The number of hydrogen-bond donors (Lipinski definition) is 1. The van der Waals surface area contributed by atoms with E-state index in [0.29, 0.717) is 0 Å². The number of aryl methyl sites for hydroxylation is 1. The lowest BCUT2D eigenvalue weighted by Crippen LogP contribution is -2.38. The van der Waals surface area contributed by atoms with Crippen molar-refractivity contribution >= 4 is 51.0 Å². The van der Waals surface area contributed by atoms with Crippen LogP contribution >= 0.6 is 23.1 Å². The summed E-state index contributed by atoms with van der Waals surface area (Å²) in [5.41, 5.74) is 3.99. The number of fused-ring (bicyclic) bond motifs is 6. The Kier molecular flexibility index (Phi) is 5.06. The fraction of sp³-hybridized carbons (Fsp3) is 0.304. The minimum absolute atomic E-state index is 0.277. The Bertz CT molecular complexity index is 1120. The molecule has 3 aromatic rings. The van der Waals surface area contributed by atoms with Crippen molar-refractivity contribution in [2.24, 2.45) is 0 Å². The molecule has 4 nitrogen and oxygen atoms in total. The van der Waals surface area contributed by atoms with Gasteiger partial charge in [0.1, 0.15) is 4.70 Å². The summed E-state index contributed by atoms with van der Waals surface area (Å²) in [6.07, 6.45) is 6.41. The number of thiazole rings is 1. The van der Waals surface area contributed by atoms with Crippen LogP contribution in [0.1, 0.15) is 36.3 Å². The highest BCUT2D eigenvalue weighted by Gasteiger charge is 2.32. The largest absolute Gasteiger partial charge is 0.481 e. The zero-order valence-electron chi connectivity index (χ0n) is 16.1. The van der Waals surface area contributed by atoms with Gasteiger partial charge in [-0.3, -0.25) is 4.79 Å². The smallest absolute Gasteiger partial charge is 0.303 e. The lowest BCUT2D eigenvalue weighted by atomic mass is 10.1. The van der Waals surface area contributed by atoms with Gasteiger partial charge in [-0.1, -0.05) is 47.7 Å². The fourth-order valence-electron chi connectivity index (χ4n) is 4.12. The van der Waals surface area contributed by atoms with E-state index in [-0.39, 0.29) is 6.42 Å². The molecule has 3 heterocycles. The van der Waals surface area contributed by atoms with Crippen molar-refractivity contribution in [2.75, 3.05) is 11.4 Å². The number of rotatable bonds is 6. The second kappa shape index (κ2) is 7.84. The standard InChI is InChI=1S/C23H22N2O2S2/c26-23(27)9-3-1-2-6-16-10-11-20-18(14-16)25-13-12-24-17-7-4-5-8-19(17)28-21(24)15-22(25)29-20/h4-5,7-8,10-11,14-15H,1-3,6,9,12-13H2/p+1. The lowest BCUT2D eigenvalue weighted by Gasteiger charge is -2.17. The summed E-state index contributed by atoms with van der Waals surface area (Å²) >= 11 is 3.73. The number of carboxylic acid groups (broad SMARTS) is 1. The maximum atomic E-state index is 10.6. The number of aliphatic carboxylic acids is 1. The molecule has 0 atom stereocenters. The van der Waals surface area contributed by atoms with Gasteiger partial charge < -0.3 is 10.0 Å². The first-order valence-electron chi connectivity index (χ1n) is 10.1. The summed E-state index contributed by atoms with van der Waals surface area (Å²) in [4.78, 5) is 14.4. The number of hydrogen-bond acceptors (Lipinski definition) is 4. The van der Waals surface area contributed by atoms with Gasteiger partial charge in [-0.05, 0) is 43.0 Å². The van der Waals surface area contributed by atoms with Gasteiger partial charge in [0, 0.05) is 17.4 Å². The average Bonchev–Trinajstić information content (AvgIpc) is 3.17. The van der Waals surface area contributed by atoms with E-state index in [9.17, 15) is 4.79 Å². The Balaban J connectivity index is 1.34.